The molecule has 160 valence electrons. The zero-order chi connectivity index (χ0) is 22.8. The van der Waals surface area contributed by atoms with Gasteiger partial charge in [0.2, 0.25) is 0 Å². The highest BCUT2D eigenvalue weighted by Crippen LogP contribution is 2.30. The summed E-state index contributed by atoms with van der Waals surface area (Å²) in [5.74, 6) is -1.06. The molecule has 0 saturated carbocycles. The Hall–Kier alpha value is -4.06. The van der Waals surface area contributed by atoms with Crippen LogP contribution in [0.15, 0.2) is 60.7 Å². The Morgan fingerprint density at radius 2 is 1.53 bits per heavy atom. The van der Waals surface area contributed by atoms with Gasteiger partial charge in [-0.15, -0.1) is 0 Å². The molecule has 1 aliphatic rings. The summed E-state index contributed by atoms with van der Waals surface area (Å²) in [7, 11) is 0. The Morgan fingerprint density at radius 3 is 2.22 bits per heavy atom. The molecule has 0 bridgehead atoms. The number of hydrogen-bond donors (Lipinski definition) is 0. The minimum Gasteiger partial charge on any atom is -0.493 e. The van der Waals surface area contributed by atoms with E-state index < -0.39 is 11.8 Å². The van der Waals surface area contributed by atoms with Crippen LogP contribution in [0.5, 0.6) is 5.75 Å². The van der Waals surface area contributed by atoms with Gasteiger partial charge in [0, 0.05) is 33.4 Å². The standard InChI is InChI=1S/C26H20O6/c1-3-31-22-12-11-16(15(2)27)13-17(22)14-32-26(30)21-10-6-9-20-23(21)25(29)19-8-5-4-7-18(19)24(20)28/h4-13H,3,14H2,1-2H3. The topological polar surface area (TPSA) is 86.7 Å². The third-order valence-corrected chi connectivity index (χ3v) is 5.30. The van der Waals surface area contributed by atoms with Crippen molar-refractivity contribution in [2.45, 2.75) is 20.5 Å². The number of hydrogen-bond acceptors (Lipinski definition) is 6. The maximum atomic E-state index is 13.1. The molecule has 6 nitrogen and oxygen atoms in total. The summed E-state index contributed by atoms with van der Waals surface area (Å²) in [6.07, 6.45) is 0. The van der Waals surface area contributed by atoms with Gasteiger partial charge in [-0.1, -0.05) is 36.4 Å². The largest absolute Gasteiger partial charge is 0.493 e. The first kappa shape index (κ1) is 21.2. The van der Waals surface area contributed by atoms with E-state index in [4.69, 9.17) is 9.47 Å². The molecule has 0 atom stereocenters. The van der Waals surface area contributed by atoms with E-state index in [9.17, 15) is 19.2 Å². The lowest BCUT2D eigenvalue weighted by Gasteiger charge is -2.19. The lowest BCUT2D eigenvalue weighted by Crippen LogP contribution is -2.24. The first-order chi connectivity index (χ1) is 15.4. The molecule has 0 amide bonds. The number of carbonyl (C=O) groups excluding carboxylic acids is 4. The number of carbonyl (C=O) groups is 4. The smallest absolute Gasteiger partial charge is 0.339 e. The van der Waals surface area contributed by atoms with Gasteiger partial charge in [0.05, 0.1) is 12.2 Å². The summed E-state index contributed by atoms with van der Waals surface area (Å²) in [6, 6.07) is 16.0. The molecule has 0 fully saturated rings. The number of Topliss-reactive ketones (excluding diaryl/α,β-unsaturated/α-hetero) is 1. The minimum atomic E-state index is -0.738. The minimum absolute atomic E-state index is 0.0241. The summed E-state index contributed by atoms with van der Waals surface area (Å²) in [4.78, 5) is 50.7. The fourth-order valence-electron chi connectivity index (χ4n) is 3.74. The molecule has 32 heavy (non-hydrogen) atoms. The van der Waals surface area contributed by atoms with E-state index in [-0.39, 0.29) is 40.4 Å². The molecule has 6 heteroatoms. The van der Waals surface area contributed by atoms with E-state index in [0.717, 1.165) is 0 Å². The van der Waals surface area contributed by atoms with Crippen LogP contribution in [-0.2, 0) is 11.3 Å². The molecule has 0 spiro atoms. The fourth-order valence-corrected chi connectivity index (χ4v) is 3.74. The van der Waals surface area contributed by atoms with E-state index in [2.05, 4.69) is 0 Å². The van der Waals surface area contributed by atoms with Gasteiger partial charge >= 0.3 is 5.97 Å². The summed E-state index contributed by atoms with van der Waals surface area (Å²) in [6.45, 7) is 3.52. The Kier molecular flexibility index (Phi) is 5.69. The highest BCUT2D eigenvalue weighted by molar-refractivity contribution is 6.30. The molecule has 4 rings (SSSR count). The summed E-state index contributed by atoms with van der Waals surface area (Å²) in [5, 5.41) is 0. The molecule has 0 aliphatic heterocycles. The van der Waals surface area contributed by atoms with Gasteiger partial charge in [0.25, 0.3) is 0 Å². The Balaban J connectivity index is 1.65. The van der Waals surface area contributed by atoms with Crippen molar-refractivity contribution in [3.8, 4) is 5.75 Å². The third-order valence-electron chi connectivity index (χ3n) is 5.30. The van der Waals surface area contributed by atoms with Crippen LogP contribution in [-0.4, -0.2) is 29.9 Å². The van der Waals surface area contributed by atoms with Crippen LogP contribution in [0.2, 0.25) is 0 Å². The highest BCUT2D eigenvalue weighted by atomic mass is 16.5. The number of esters is 1. The number of ketones is 3. The van der Waals surface area contributed by atoms with Gasteiger partial charge in [0.1, 0.15) is 12.4 Å². The van der Waals surface area contributed by atoms with Crippen LogP contribution in [0.4, 0.5) is 0 Å². The van der Waals surface area contributed by atoms with Crippen LogP contribution in [0.25, 0.3) is 0 Å². The van der Waals surface area contributed by atoms with Gasteiger partial charge < -0.3 is 9.47 Å². The predicted octanol–water partition coefficient (Wildman–Crippen LogP) is 4.42. The molecular weight excluding hydrogens is 408 g/mol. The van der Waals surface area contributed by atoms with Crippen LogP contribution in [0.3, 0.4) is 0 Å². The predicted molar refractivity (Wildman–Crippen MR) is 116 cm³/mol. The van der Waals surface area contributed by atoms with E-state index in [0.29, 0.717) is 29.0 Å². The number of ether oxygens (including phenoxy) is 2. The van der Waals surface area contributed by atoms with Crippen molar-refractivity contribution in [1.82, 2.24) is 0 Å². The number of rotatable bonds is 6. The molecule has 3 aromatic carbocycles. The first-order valence-corrected chi connectivity index (χ1v) is 10.2. The molecule has 0 aromatic heterocycles. The first-order valence-electron chi connectivity index (χ1n) is 10.2. The van der Waals surface area contributed by atoms with Crippen molar-refractivity contribution < 1.29 is 28.7 Å². The molecule has 0 radical (unpaired) electrons. The van der Waals surface area contributed by atoms with Gasteiger partial charge in [-0.2, -0.15) is 0 Å². The lowest BCUT2D eigenvalue weighted by molar-refractivity contribution is 0.0467. The van der Waals surface area contributed by atoms with E-state index in [1.54, 1.807) is 48.5 Å². The van der Waals surface area contributed by atoms with Crippen molar-refractivity contribution >= 4 is 23.3 Å². The Morgan fingerprint density at radius 1 is 0.844 bits per heavy atom. The van der Waals surface area contributed by atoms with Crippen molar-refractivity contribution in [3.63, 3.8) is 0 Å². The monoisotopic (exact) mass is 428 g/mol. The van der Waals surface area contributed by atoms with Crippen LogP contribution >= 0.6 is 0 Å². The van der Waals surface area contributed by atoms with Crippen LogP contribution in [0.1, 0.15) is 72.0 Å². The second-order valence-electron chi connectivity index (χ2n) is 7.32. The SMILES string of the molecule is CCOc1ccc(C(C)=O)cc1COC(=O)c1cccc2c1C(=O)c1ccccc1C2=O. The normalized spacial score (nSPS) is 12.1. The van der Waals surface area contributed by atoms with Crippen LogP contribution < -0.4 is 4.74 Å². The summed E-state index contributed by atoms with van der Waals surface area (Å²) >= 11 is 0. The average molecular weight is 428 g/mol. The van der Waals surface area contributed by atoms with Gasteiger partial charge in [-0.3, -0.25) is 14.4 Å². The maximum absolute atomic E-state index is 13.1. The quantitative estimate of drug-likeness (QED) is 0.334. The third kappa shape index (κ3) is 3.71. The average Bonchev–Trinajstić information content (AvgIpc) is 2.81. The zero-order valence-electron chi connectivity index (χ0n) is 17.6. The molecular formula is C26H20O6. The van der Waals surface area contributed by atoms with Gasteiger partial charge in [0.15, 0.2) is 17.3 Å². The second-order valence-corrected chi connectivity index (χ2v) is 7.32. The molecule has 0 heterocycles. The van der Waals surface area contributed by atoms with Crippen molar-refractivity contribution in [2.24, 2.45) is 0 Å². The lowest BCUT2D eigenvalue weighted by atomic mass is 9.82. The van der Waals surface area contributed by atoms with Gasteiger partial charge in [-0.05, 0) is 38.1 Å². The summed E-state index contributed by atoms with van der Waals surface area (Å²) < 4.78 is 11.0. The van der Waals surface area contributed by atoms with E-state index in [1.807, 2.05) is 6.92 Å². The van der Waals surface area contributed by atoms with E-state index >= 15 is 0 Å². The Bertz CT molecular complexity index is 1270. The molecule has 0 N–H and O–H groups in total. The maximum Gasteiger partial charge on any atom is 0.339 e. The van der Waals surface area contributed by atoms with Crippen molar-refractivity contribution in [1.29, 1.82) is 0 Å². The molecule has 0 unspecified atom stereocenters. The van der Waals surface area contributed by atoms with Crippen molar-refractivity contribution in [2.75, 3.05) is 6.61 Å². The summed E-state index contributed by atoms with van der Waals surface area (Å²) in [5.41, 5.74) is 1.83. The fraction of sp³-hybridized carbons (Fsp3) is 0.154. The van der Waals surface area contributed by atoms with Crippen LogP contribution in [0, 0.1) is 0 Å². The Labute approximate surface area is 184 Å². The molecule has 1 aliphatic carbocycles. The second kappa shape index (κ2) is 8.59. The highest BCUT2D eigenvalue weighted by Gasteiger charge is 2.33. The molecule has 0 saturated heterocycles. The number of fused-ring (bicyclic) bond motifs is 2. The zero-order valence-corrected chi connectivity index (χ0v) is 17.6. The van der Waals surface area contributed by atoms with E-state index in [1.165, 1.54) is 19.1 Å². The molecule has 3 aromatic rings. The van der Waals surface area contributed by atoms with Gasteiger partial charge in [-0.25, -0.2) is 4.79 Å². The van der Waals surface area contributed by atoms with Crippen molar-refractivity contribution in [3.05, 3.63) is 99.6 Å². The number of benzene rings is 3.